The van der Waals surface area contributed by atoms with Crippen LogP contribution in [0.3, 0.4) is 0 Å². The molecule has 2 aromatic heterocycles. The van der Waals surface area contributed by atoms with Gasteiger partial charge in [0.1, 0.15) is 17.4 Å². The molecule has 2 rings (SSSR count). The Bertz CT molecular complexity index is 666. The Morgan fingerprint density at radius 1 is 1.42 bits per heavy atom. The molecular formula is C10H8BrClN6O. The largest absolute Gasteiger partial charge is 0.287 e. The molecule has 0 radical (unpaired) electrons. The monoisotopic (exact) mass is 342 g/mol. The van der Waals surface area contributed by atoms with E-state index in [4.69, 9.17) is 11.6 Å². The van der Waals surface area contributed by atoms with E-state index in [-0.39, 0.29) is 23.7 Å². The van der Waals surface area contributed by atoms with Crippen LogP contribution in [0.4, 0.5) is 5.95 Å². The maximum absolute atomic E-state index is 11.3. The van der Waals surface area contributed by atoms with Crippen LogP contribution in [0.5, 0.6) is 0 Å². The van der Waals surface area contributed by atoms with Gasteiger partial charge in [0.15, 0.2) is 0 Å². The lowest BCUT2D eigenvalue weighted by molar-refractivity contribution is 0.842. The molecule has 7 nitrogen and oxygen atoms in total. The number of aromatic nitrogens is 4. The van der Waals surface area contributed by atoms with Gasteiger partial charge in [-0.3, -0.25) is 9.78 Å². The summed E-state index contributed by atoms with van der Waals surface area (Å²) < 4.78 is 0.807. The third-order valence-electron chi connectivity index (χ3n) is 2.06. The quantitative estimate of drug-likeness (QED) is 0.684. The van der Waals surface area contributed by atoms with Crippen LogP contribution in [0.1, 0.15) is 11.4 Å². The smallest absolute Gasteiger partial charge is 0.274 e. The SMILES string of the molecule is Cc1nnc(N=NCc2cc(Br)cc(Cl)n2)[nH]c1=O. The maximum Gasteiger partial charge on any atom is 0.274 e. The van der Waals surface area contributed by atoms with Crippen molar-refractivity contribution in [2.45, 2.75) is 13.5 Å². The van der Waals surface area contributed by atoms with Gasteiger partial charge in [-0.2, -0.15) is 5.11 Å². The third-order valence-corrected chi connectivity index (χ3v) is 2.71. The van der Waals surface area contributed by atoms with E-state index in [0.717, 1.165) is 4.47 Å². The highest BCUT2D eigenvalue weighted by atomic mass is 79.9. The molecule has 0 atom stereocenters. The fourth-order valence-corrected chi connectivity index (χ4v) is 2.04. The molecule has 0 amide bonds. The summed E-state index contributed by atoms with van der Waals surface area (Å²) in [7, 11) is 0. The zero-order valence-electron chi connectivity index (χ0n) is 9.76. The zero-order valence-corrected chi connectivity index (χ0v) is 12.1. The number of hydrogen-bond acceptors (Lipinski definition) is 6. The minimum absolute atomic E-state index is 0.0525. The van der Waals surface area contributed by atoms with E-state index in [1.54, 1.807) is 19.1 Å². The highest BCUT2D eigenvalue weighted by molar-refractivity contribution is 9.10. The number of H-pyrrole nitrogens is 1. The first kappa shape index (κ1) is 13.8. The number of nitrogens with one attached hydrogen (secondary N) is 1. The average Bonchev–Trinajstić information content (AvgIpc) is 2.32. The molecule has 1 N–H and O–H groups in total. The summed E-state index contributed by atoms with van der Waals surface area (Å²) in [6, 6.07) is 3.44. The fourth-order valence-electron chi connectivity index (χ4n) is 1.20. The van der Waals surface area contributed by atoms with Crippen LogP contribution >= 0.6 is 27.5 Å². The topological polar surface area (TPSA) is 96.2 Å². The van der Waals surface area contributed by atoms with Crippen molar-refractivity contribution in [2.75, 3.05) is 0 Å². The van der Waals surface area contributed by atoms with Gasteiger partial charge in [0, 0.05) is 4.47 Å². The second-order valence-corrected chi connectivity index (χ2v) is 4.87. The number of hydrogen-bond donors (Lipinski definition) is 1. The molecule has 0 saturated carbocycles. The second-order valence-electron chi connectivity index (χ2n) is 3.56. The van der Waals surface area contributed by atoms with E-state index in [1.807, 2.05) is 0 Å². The van der Waals surface area contributed by atoms with Gasteiger partial charge < -0.3 is 0 Å². The standard InChI is InChI=1S/C10H8BrClN6O/c1-5-9(19)15-10(18-16-5)17-13-4-7-2-6(11)3-8(12)14-7/h2-3H,4H2,1H3,(H,15,18,19). The molecule has 0 aliphatic heterocycles. The van der Waals surface area contributed by atoms with Crippen molar-refractivity contribution in [3.63, 3.8) is 0 Å². The second kappa shape index (κ2) is 5.98. The number of nitrogens with zero attached hydrogens (tertiary/aromatic N) is 5. The molecule has 0 unspecified atom stereocenters. The van der Waals surface area contributed by atoms with Crippen LogP contribution < -0.4 is 5.56 Å². The van der Waals surface area contributed by atoms with Gasteiger partial charge in [-0.25, -0.2) is 4.98 Å². The van der Waals surface area contributed by atoms with Gasteiger partial charge in [0.05, 0.1) is 5.69 Å². The van der Waals surface area contributed by atoms with E-state index in [9.17, 15) is 4.79 Å². The molecule has 98 valence electrons. The number of halogens is 2. The van der Waals surface area contributed by atoms with Crippen molar-refractivity contribution in [1.82, 2.24) is 20.2 Å². The molecule has 0 fully saturated rings. The molecule has 2 heterocycles. The van der Waals surface area contributed by atoms with Crippen molar-refractivity contribution >= 4 is 33.5 Å². The molecule has 0 spiro atoms. The fraction of sp³-hybridized carbons (Fsp3) is 0.200. The van der Waals surface area contributed by atoms with E-state index >= 15 is 0 Å². The Morgan fingerprint density at radius 2 is 2.21 bits per heavy atom. The van der Waals surface area contributed by atoms with E-state index in [0.29, 0.717) is 10.8 Å². The lowest BCUT2D eigenvalue weighted by atomic mass is 10.3. The summed E-state index contributed by atoms with van der Waals surface area (Å²) in [5.41, 5.74) is 0.581. The maximum atomic E-state index is 11.3. The Morgan fingerprint density at radius 3 is 2.89 bits per heavy atom. The van der Waals surface area contributed by atoms with Crippen molar-refractivity contribution in [3.8, 4) is 0 Å². The number of aromatic amines is 1. The normalized spacial score (nSPS) is 11.1. The Labute approximate surface area is 121 Å². The minimum atomic E-state index is -0.340. The first-order valence-electron chi connectivity index (χ1n) is 5.17. The van der Waals surface area contributed by atoms with Gasteiger partial charge in [-0.05, 0) is 19.1 Å². The summed E-state index contributed by atoms with van der Waals surface area (Å²) in [6.45, 7) is 1.77. The Hall–Kier alpha value is -1.67. The predicted octanol–water partition coefficient (Wildman–Crippen LogP) is 2.57. The average molecular weight is 344 g/mol. The number of aryl methyl sites for hydroxylation is 1. The summed E-state index contributed by atoms with van der Waals surface area (Å²) in [6.07, 6.45) is 0. The first-order chi connectivity index (χ1) is 9.04. The van der Waals surface area contributed by atoms with Crippen LogP contribution in [-0.2, 0) is 6.54 Å². The molecular weight excluding hydrogens is 336 g/mol. The van der Waals surface area contributed by atoms with Gasteiger partial charge in [-0.15, -0.1) is 15.3 Å². The summed E-state index contributed by atoms with van der Waals surface area (Å²) in [4.78, 5) is 17.8. The van der Waals surface area contributed by atoms with Gasteiger partial charge in [0.25, 0.3) is 11.5 Å². The van der Waals surface area contributed by atoms with Gasteiger partial charge in [0.2, 0.25) is 0 Å². The Balaban J connectivity index is 2.11. The highest BCUT2D eigenvalue weighted by Gasteiger charge is 2.00. The van der Waals surface area contributed by atoms with Gasteiger partial charge in [-0.1, -0.05) is 27.5 Å². The molecule has 0 aromatic carbocycles. The lowest BCUT2D eigenvalue weighted by Gasteiger charge is -1.97. The van der Waals surface area contributed by atoms with Crippen LogP contribution in [-0.4, -0.2) is 20.2 Å². The number of pyridine rings is 1. The van der Waals surface area contributed by atoms with Crippen molar-refractivity contribution in [1.29, 1.82) is 0 Å². The van der Waals surface area contributed by atoms with Crippen LogP contribution in [0.15, 0.2) is 31.6 Å². The Kier molecular flexibility index (Phi) is 4.33. The minimum Gasteiger partial charge on any atom is -0.287 e. The van der Waals surface area contributed by atoms with Crippen molar-refractivity contribution < 1.29 is 0 Å². The van der Waals surface area contributed by atoms with Crippen molar-refractivity contribution in [3.05, 3.63) is 43.5 Å². The molecule has 19 heavy (non-hydrogen) atoms. The zero-order chi connectivity index (χ0) is 13.8. The van der Waals surface area contributed by atoms with Gasteiger partial charge >= 0.3 is 0 Å². The van der Waals surface area contributed by atoms with E-state index in [1.165, 1.54) is 0 Å². The van der Waals surface area contributed by atoms with E-state index < -0.39 is 0 Å². The molecule has 0 bridgehead atoms. The van der Waals surface area contributed by atoms with Crippen LogP contribution in [0.25, 0.3) is 0 Å². The summed E-state index contributed by atoms with van der Waals surface area (Å²) in [5.74, 6) is 0.0525. The third kappa shape index (κ3) is 3.90. The highest BCUT2D eigenvalue weighted by Crippen LogP contribution is 2.16. The van der Waals surface area contributed by atoms with Crippen LogP contribution in [0.2, 0.25) is 5.15 Å². The summed E-state index contributed by atoms with van der Waals surface area (Å²) >= 11 is 9.10. The summed E-state index contributed by atoms with van der Waals surface area (Å²) in [5, 5.41) is 15.3. The molecule has 2 aromatic rings. The number of rotatable bonds is 3. The van der Waals surface area contributed by atoms with E-state index in [2.05, 4.69) is 46.3 Å². The molecule has 0 aliphatic carbocycles. The first-order valence-corrected chi connectivity index (χ1v) is 6.35. The lowest BCUT2D eigenvalue weighted by Crippen LogP contribution is -2.12. The number of azo groups is 1. The predicted molar refractivity (Wildman–Crippen MR) is 72.6 cm³/mol. The van der Waals surface area contributed by atoms with Crippen LogP contribution in [0, 0.1) is 6.92 Å². The molecule has 0 saturated heterocycles. The molecule has 9 heteroatoms. The van der Waals surface area contributed by atoms with Crippen molar-refractivity contribution in [2.24, 2.45) is 10.2 Å². The molecule has 0 aliphatic rings.